The summed E-state index contributed by atoms with van der Waals surface area (Å²) in [6.45, 7) is 3.38. The van der Waals surface area contributed by atoms with Gasteiger partial charge in [-0.25, -0.2) is 9.13 Å². The summed E-state index contributed by atoms with van der Waals surface area (Å²) in [4.78, 5) is 0. The van der Waals surface area contributed by atoms with E-state index >= 15 is 0 Å². The normalized spacial score (nSPS) is 12.3. The molecule has 0 aliphatic rings. The van der Waals surface area contributed by atoms with Gasteiger partial charge in [-0.1, -0.05) is 12.1 Å². The zero-order valence-corrected chi connectivity index (χ0v) is 14.6. The van der Waals surface area contributed by atoms with Crippen molar-refractivity contribution in [2.45, 2.75) is 26.1 Å². The highest BCUT2D eigenvalue weighted by atomic mass is 16.5. The number of rotatable bonds is 7. The summed E-state index contributed by atoms with van der Waals surface area (Å²) < 4.78 is 14.7. The molecule has 0 aliphatic heterocycles. The van der Waals surface area contributed by atoms with E-state index in [4.69, 9.17) is 15.2 Å². The first-order chi connectivity index (χ1) is 12.1. The number of aliphatic hydroxyl groups excluding tert-OH is 1. The van der Waals surface area contributed by atoms with Gasteiger partial charge in [-0.15, -0.1) is 0 Å². The monoisotopic (exact) mass is 342 g/mol. The Kier molecular flexibility index (Phi) is 5.09. The van der Waals surface area contributed by atoms with Crippen molar-refractivity contribution in [1.82, 2.24) is 4.57 Å². The number of nitrogen functional groups attached to an aromatic ring is 1. The Morgan fingerprint density at radius 3 is 2.48 bits per heavy atom. The Morgan fingerprint density at radius 2 is 1.80 bits per heavy atom. The molecule has 1 aromatic heterocycles. The molecular formula is C19H24N3O3+. The highest BCUT2D eigenvalue weighted by Crippen LogP contribution is 2.18. The summed E-state index contributed by atoms with van der Waals surface area (Å²) in [5, 5.41) is 10.4. The molecule has 1 atom stereocenters. The topological polar surface area (TPSA) is 73.5 Å². The molecule has 3 aromatic rings. The van der Waals surface area contributed by atoms with Gasteiger partial charge in [0.2, 0.25) is 0 Å². The molecule has 6 nitrogen and oxygen atoms in total. The van der Waals surface area contributed by atoms with E-state index in [9.17, 15) is 5.11 Å². The molecule has 132 valence electrons. The molecule has 0 saturated carbocycles. The van der Waals surface area contributed by atoms with Crippen molar-refractivity contribution in [3.05, 3.63) is 48.5 Å². The number of hydrogen-bond donors (Lipinski definition) is 2. The molecule has 3 N–H and O–H groups in total. The minimum Gasteiger partial charge on any atom is -0.497 e. The summed E-state index contributed by atoms with van der Waals surface area (Å²) in [5.74, 6) is 2.09. The Hall–Kier alpha value is -2.73. The molecule has 25 heavy (non-hydrogen) atoms. The van der Waals surface area contributed by atoms with Crippen LogP contribution in [0.15, 0.2) is 48.5 Å². The van der Waals surface area contributed by atoms with Crippen molar-refractivity contribution in [3.8, 4) is 11.5 Å². The van der Waals surface area contributed by atoms with E-state index in [0.717, 1.165) is 23.3 Å². The second-order valence-corrected chi connectivity index (χ2v) is 5.84. The lowest BCUT2D eigenvalue weighted by Crippen LogP contribution is -2.43. The predicted octanol–water partition coefficient (Wildman–Crippen LogP) is 1.98. The van der Waals surface area contributed by atoms with Crippen LogP contribution in [0.4, 0.5) is 5.95 Å². The van der Waals surface area contributed by atoms with Crippen molar-refractivity contribution >= 4 is 17.0 Å². The molecule has 1 heterocycles. The van der Waals surface area contributed by atoms with E-state index in [2.05, 4.69) is 6.92 Å². The maximum Gasteiger partial charge on any atom is 0.356 e. The number of benzene rings is 2. The van der Waals surface area contributed by atoms with Gasteiger partial charge in [0.1, 0.15) is 41.8 Å². The molecule has 2 aromatic carbocycles. The molecule has 0 fully saturated rings. The number of anilines is 1. The van der Waals surface area contributed by atoms with Crippen LogP contribution in [0.1, 0.15) is 6.92 Å². The van der Waals surface area contributed by atoms with Crippen LogP contribution in [-0.4, -0.2) is 29.5 Å². The predicted molar refractivity (Wildman–Crippen MR) is 96.7 cm³/mol. The molecule has 0 spiro atoms. The van der Waals surface area contributed by atoms with Crippen molar-refractivity contribution in [1.29, 1.82) is 0 Å². The Morgan fingerprint density at radius 1 is 1.12 bits per heavy atom. The third kappa shape index (κ3) is 3.53. The van der Waals surface area contributed by atoms with E-state index in [1.165, 1.54) is 0 Å². The maximum atomic E-state index is 10.4. The molecule has 0 radical (unpaired) electrons. The summed E-state index contributed by atoms with van der Waals surface area (Å²) in [6, 6.07) is 15.3. The molecule has 0 unspecified atom stereocenters. The number of aromatic nitrogens is 2. The van der Waals surface area contributed by atoms with Gasteiger partial charge >= 0.3 is 5.95 Å². The number of aryl methyl sites for hydroxylation is 1. The molecule has 6 heteroatoms. The average molecular weight is 342 g/mol. The number of fused-ring (bicyclic) bond motifs is 1. The largest absolute Gasteiger partial charge is 0.497 e. The quantitative estimate of drug-likeness (QED) is 0.644. The minimum absolute atomic E-state index is 0.185. The van der Waals surface area contributed by atoms with Gasteiger partial charge in [0.15, 0.2) is 0 Å². The fraction of sp³-hybridized carbons (Fsp3) is 0.316. The molecule has 0 amide bonds. The van der Waals surface area contributed by atoms with Gasteiger partial charge in [0, 0.05) is 0 Å². The van der Waals surface area contributed by atoms with E-state index in [1.54, 1.807) is 7.11 Å². The molecule has 0 aliphatic carbocycles. The first kappa shape index (κ1) is 17.1. The third-order valence-corrected chi connectivity index (χ3v) is 4.23. The van der Waals surface area contributed by atoms with Crippen molar-refractivity contribution in [2.24, 2.45) is 0 Å². The fourth-order valence-corrected chi connectivity index (χ4v) is 2.97. The maximum absolute atomic E-state index is 10.4. The number of imidazole rings is 1. The van der Waals surface area contributed by atoms with E-state index in [-0.39, 0.29) is 6.61 Å². The van der Waals surface area contributed by atoms with Crippen LogP contribution < -0.4 is 19.8 Å². The number of para-hydroxylation sites is 2. The molecule has 0 bridgehead atoms. The lowest BCUT2D eigenvalue weighted by atomic mass is 10.3. The minimum atomic E-state index is -0.675. The third-order valence-electron chi connectivity index (χ3n) is 4.23. The van der Waals surface area contributed by atoms with Crippen LogP contribution in [-0.2, 0) is 13.1 Å². The van der Waals surface area contributed by atoms with Gasteiger partial charge < -0.3 is 14.6 Å². The standard InChI is InChI=1S/C19H23N3O3/c1-3-21-17-6-4-5-7-18(17)22(19(21)20)12-14(23)13-25-16-10-8-15(24-2)9-11-16/h4-11,14,20,23H,3,12-13H2,1-2H3/p+1/t14-/m1/s1. The van der Waals surface area contributed by atoms with Crippen LogP contribution in [0.3, 0.4) is 0 Å². The van der Waals surface area contributed by atoms with Crippen LogP contribution in [0.5, 0.6) is 11.5 Å². The highest BCUT2D eigenvalue weighted by molar-refractivity contribution is 5.73. The lowest BCUT2D eigenvalue weighted by molar-refractivity contribution is -0.665. The zero-order valence-electron chi connectivity index (χ0n) is 14.6. The number of hydrogen-bond acceptors (Lipinski definition) is 4. The summed E-state index contributed by atoms with van der Waals surface area (Å²) in [5.41, 5.74) is 8.34. The first-order valence-electron chi connectivity index (χ1n) is 8.35. The SMILES string of the molecule is CCn1c(N)[n+](C[C@@H](O)COc2ccc(OC)cc2)c2ccccc21. The lowest BCUT2D eigenvalue weighted by Gasteiger charge is -2.12. The van der Waals surface area contributed by atoms with Crippen LogP contribution in [0.2, 0.25) is 0 Å². The van der Waals surface area contributed by atoms with Gasteiger partial charge in [-0.2, -0.15) is 0 Å². The van der Waals surface area contributed by atoms with Crippen LogP contribution >= 0.6 is 0 Å². The second-order valence-electron chi connectivity index (χ2n) is 5.84. The van der Waals surface area contributed by atoms with Gasteiger partial charge in [-0.05, 0) is 43.3 Å². The van der Waals surface area contributed by atoms with Gasteiger partial charge in [-0.3, -0.25) is 5.73 Å². The smallest absolute Gasteiger partial charge is 0.356 e. The fourth-order valence-electron chi connectivity index (χ4n) is 2.97. The number of aliphatic hydroxyl groups is 1. The Labute approximate surface area is 147 Å². The summed E-state index contributed by atoms with van der Waals surface area (Å²) in [6.07, 6.45) is -0.675. The van der Waals surface area contributed by atoms with E-state index in [0.29, 0.717) is 18.2 Å². The first-order valence-corrected chi connectivity index (χ1v) is 8.35. The van der Waals surface area contributed by atoms with Crippen LogP contribution in [0.25, 0.3) is 11.0 Å². The van der Waals surface area contributed by atoms with Crippen molar-refractivity contribution < 1.29 is 19.1 Å². The van der Waals surface area contributed by atoms with E-state index < -0.39 is 6.10 Å². The number of nitrogens with zero attached hydrogens (tertiary/aromatic N) is 2. The molecular weight excluding hydrogens is 318 g/mol. The summed E-state index contributed by atoms with van der Waals surface area (Å²) >= 11 is 0. The highest BCUT2D eigenvalue weighted by Gasteiger charge is 2.22. The Bertz CT molecular complexity index is 843. The van der Waals surface area contributed by atoms with Gasteiger partial charge in [0.05, 0.1) is 13.7 Å². The average Bonchev–Trinajstić information content (AvgIpc) is 2.91. The number of ether oxygens (including phenoxy) is 2. The van der Waals surface area contributed by atoms with E-state index in [1.807, 2.05) is 57.7 Å². The summed E-state index contributed by atoms with van der Waals surface area (Å²) in [7, 11) is 1.62. The van der Waals surface area contributed by atoms with Crippen LogP contribution in [0, 0.1) is 0 Å². The van der Waals surface area contributed by atoms with Gasteiger partial charge in [0.25, 0.3) is 0 Å². The van der Waals surface area contributed by atoms with Crippen molar-refractivity contribution in [3.63, 3.8) is 0 Å². The number of nitrogens with two attached hydrogens (primary N) is 1. The number of methoxy groups -OCH3 is 1. The molecule has 3 rings (SSSR count). The zero-order chi connectivity index (χ0) is 17.8. The molecule has 0 saturated heterocycles. The second kappa shape index (κ2) is 7.44. The van der Waals surface area contributed by atoms with Crippen molar-refractivity contribution in [2.75, 3.05) is 19.5 Å². The Balaban J connectivity index is 1.71.